The van der Waals surface area contributed by atoms with Crippen LogP contribution in [-0.2, 0) is 14.3 Å². The zero-order valence-corrected chi connectivity index (χ0v) is 9.62. The van der Waals surface area contributed by atoms with E-state index in [1.165, 1.54) is 0 Å². The molecule has 0 radical (unpaired) electrons. The quantitative estimate of drug-likeness (QED) is 0.631. The van der Waals surface area contributed by atoms with Gasteiger partial charge in [-0.05, 0) is 20.8 Å². The summed E-state index contributed by atoms with van der Waals surface area (Å²) in [5, 5.41) is 0. The summed E-state index contributed by atoms with van der Waals surface area (Å²) in [6, 6.07) is 0. The van der Waals surface area contributed by atoms with Crippen molar-refractivity contribution < 1.29 is 19.1 Å². The lowest BCUT2D eigenvalue weighted by atomic mass is 10.5. The number of ether oxygens (including phenoxy) is 2. The van der Waals surface area contributed by atoms with Gasteiger partial charge >= 0.3 is 12.1 Å². The van der Waals surface area contributed by atoms with Gasteiger partial charge in [-0.15, -0.1) is 0 Å². The van der Waals surface area contributed by atoms with Gasteiger partial charge < -0.3 is 14.4 Å². The summed E-state index contributed by atoms with van der Waals surface area (Å²) in [5.41, 5.74) is 0. The Morgan fingerprint density at radius 2 is 1.67 bits per heavy atom. The Labute approximate surface area is 90.3 Å². The maximum absolute atomic E-state index is 11.3. The second kappa shape index (κ2) is 8.08. The molecule has 88 valence electrons. The van der Waals surface area contributed by atoms with Crippen molar-refractivity contribution >= 4 is 12.1 Å². The highest BCUT2D eigenvalue weighted by molar-refractivity contribution is 5.71. The molecule has 0 spiro atoms. The van der Waals surface area contributed by atoms with Crippen molar-refractivity contribution in [3.63, 3.8) is 0 Å². The van der Waals surface area contributed by atoms with Crippen LogP contribution in [-0.4, -0.2) is 43.3 Å². The average Bonchev–Trinajstić information content (AvgIpc) is 2.20. The zero-order chi connectivity index (χ0) is 11.7. The Balaban J connectivity index is 3.67. The summed E-state index contributed by atoms with van der Waals surface area (Å²) in [6.45, 7) is 7.12. The van der Waals surface area contributed by atoms with E-state index in [-0.39, 0.29) is 25.1 Å². The minimum atomic E-state index is -0.385. The molecule has 1 amide bonds. The van der Waals surface area contributed by atoms with Crippen molar-refractivity contribution in [1.29, 1.82) is 0 Å². The van der Waals surface area contributed by atoms with Gasteiger partial charge in [0.25, 0.3) is 0 Å². The topological polar surface area (TPSA) is 55.8 Å². The molecule has 0 N–H and O–H groups in total. The lowest BCUT2D eigenvalue weighted by Crippen LogP contribution is -2.31. The molecule has 0 heterocycles. The van der Waals surface area contributed by atoms with E-state index >= 15 is 0 Å². The molecule has 0 aliphatic carbocycles. The van der Waals surface area contributed by atoms with E-state index < -0.39 is 0 Å². The van der Waals surface area contributed by atoms with Gasteiger partial charge in [0.2, 0.25) is 0 Å². The molecule has 0 bridgehead atoms. The van der Waals surface area contributed by atoms with Crippen molar-refractivity contribution in [2.45, 2.75) is 27.2 Å². The van der Waals surface area contributed by atoms with Gasteiger partial charge in [0.15, 0.2) is 0 Å². The van der Waals surface area contributed by atoms with Crippen LogP contribution in [0.15, 0.2) is 0 Å². The van der Waals surface area contributed by atoms with Crippen LogP contribution in [0, 0.1) is 0 Å². The maximum atomic E-state index is 11.3. The molecular weight excluding hydrogens is 198 g/mol. The molecule has 0 saturated heterocycles. The van der Waals surface area contributed by atoms with E-state index in [1.807, 2.05) is 13.8 Å². The second-order valence-electron chi connectivity index (χ2n) is 2.84. The van der Waals surface area contributed by atoms with Crippen LogP contribution >= 0.6 is 0 Å². The van der Waals surface area contributed by atoms with Gasteiger partial charge in [-0.1, -0.05) is 0 Å². The Kier molecular flexibility index (Phi) is 7.40. The molecule has 0 aromatic heterocycles. The highest BCUT2D eigenvalue weighted by Gasteiger charge is 2.11. The van der Waals surface area contributed by atoms with Crippen LogP contribution in [0.2, 0.25) is 0 Å². The normalized spacial score (nSPS) is 9.53. The molecule has 5 heteroatoms. The molecule has 0 aliphatic rings. The SMILES string of the molecule is CCOC(=O)CCOC(=O)N(CC)CC. The zero-order valence-electron chi connectivity index (χ0n) is 9.62. The molecule has 0 unspecified atom stereocenters. The first-order valence-electron chi connectivity index (χ1n) is 5.22. The number of nitrogens with zero attached hydrogens (tertiary/aromatic N) is 1. The third kappa shape index (κ3) is 5.93. The number of carbonyl (C=O) groups is 2. The number of hydrogen-bond acceptors (Lipinski definition) is 4. The molecule has 0 fully saturated rings. The molecule has 5 nitrogen and oxygen atoms in total. The monoisotopic (exact) mass is 217 g/mol. The fourth-order valence-corrected chi connectivity index (χ4v) is 1.03. The van der Waals surface area contributed by atoms with E-state index in [1.54, 1.807) is 11.8 Å². The molecule has 0 saturated carbocycles. The van der Waals surface area contributed by atoms with E-state index in [9.17, 15) is 9.59 Å². The number of hydrogen-bond donors (Lipinski definition) is 0. The molecule has 0 rings (SSSR count). The van der Waals surface area contributed by atoms with Gasteiger partial charge in [0.05, 0.1) is 13.0 Å². The minimum Gasteiger partial charge on any atom is -0.466 e. The predicted molar refractivity (Wildman–Crippen MR) is 55.5 cm³/mol. The molecule has 0 atom stereocenters. The Bertz CT molecular complexity index is 202. The standard InChI is InChI=1S/C10H19NO4/c1-4-11(5-2)10(13)15-8-7-9(12)14-6-3/h4-8H2,1-3H3. The fourth-order valence-electron chi connectivity index (χ4n) is 1.03. The van der Waals surface area contributed by atoms with E-state index in [0.29, 0.717) is 19.7 Å². The summed E-state index contributed by atoms with van der Waals surface area (Å²) in [4.78, 5) is 23.7. The van der Waals surface area contributed by atoms with Crippen LogP contribution in [0.1, 0.15) is 27.2 Å². The van der Waals surface area contributed by atoms with Crippen molar-refractivity contribution in [2.75, 3.05) is 26.3 Å². The average molecular weight is 217 g/mol. The first kappa shape index (κ1) is 13.7. The van der Waals surface area contributed by atoms with Crippen LogP contribution in [0.25, 0.3) is 0 Å². The second-order valence-corrected chi connectivity index (χ2v) is 2.84. The number of rotatable bonds is 6. The van der Waals surface area contributed by atoms with E-state index in [0.717, 1.165) is 0 Å². The van der Waals surface area contributed by atoms with Gasteiger partial charge in [0, 0.05) is 13.1 Å². The van der Waals surface area contributed by atoms with Crippen molar-refractivity contribution in [1.82, 2.24) is 4.90 Å². The van der Waals surface area contributed by atoms with E-state index in [4.69, 9.17) is 9.47 Å². The lowest BCUT2D eigenvalue weighted by Gasteiger charge is -2.17. The summed E-state index contributed by atoms with van der Waals surface area (Å²) in [7, 11) is 0. The first-order valence-corrected chi connectivity index (χ1v) is 5.22. The largest absolute Gasteiger partial charge is 0.466 e. The Morgan fingerprint density at radius 1 is 1.07 bits per heavy atom. The highest BCUT2D eigenvalue weighted by atomic mass is 16.6. The number of esters is 1. The van der Waals surface area contributed by atoms with Gasteiger partial charge in [-0.2, -0.15) is 0 Å². The third-order valence-electron chi connectivity index (χ3n) is 1.86. The van der Waals surface area contributed by atoms with Gasteiger partial charge in [-0.25, -0.2) is 4.79 Å². The van der Waals surface area contributed by atoms with Crippen LogP contribution < -0.4 is 0 Å². The van der Waals surface area contributed by atoms with E-state index in [2.05, 4.69) is 0 Å². The summed E-state index contributed by atoms with van der Waals surface area (Å²) in [5.74, 6) is -0.343. The third-order valence-corrected chi connectivity index (χ3v) is 1.86. The summed E-state index contributed by atoms with van der Waals surface area (Å²) in [6.07, 6.45) is -0.273. The van der Waals surface area contributed by atoms with Gasteiger partial charge in [0.1, 0.15) is 6.61 Å². The minimum absolute atomic E-state index is 0.0775. The maximum Gasteiger partial charge on any atom is 0.409 e. The molecule has 0 aromatic carbocycles. The molecule has 0 aromatic rings. The number of amides is 1. The molecule has 0 aliphatic heterocycles. The van der Waals surface area contributed by atoms with Crippen LogP contribution in [0.3, 0.4) is 0 Å². The molecule has 15 heavy (non-hydrogen) atoms. The van der Waals surface area contributed by atoms with Crippen molar-refractivity contribution in [3.05, 3.63) is 0 Å². The highest BCUT2D eigenvalue weighted by Crippen LogP contribution is 1.95. The number of carbonyl (C=O) groups excluding carboxylic acids is 2. The van der Waals surface area contributed by atoms with Crippen molar-refractivity contribution in [2.24, 2.45) is 0 Å². The Hall–Kier alpha value is -1.26. The smallest absolute Gasteiger partial charge is 0.409 e. The summed E-state index contributed by atoms with van der Waals surface area (Å²) >= 11 is 0. The van der Waals surface area contributed by atoms with Crippen LogP contribution in [0.4, 0.5) is 4.79 Å². The van der Waals surface area contributed by atoms with Gasteiger partial charge in [-0.3, -0.25) is 4.79 Å². The molecular formula is C10H19NO4. The van der Waals surface area contributed by atoms with Crippen molar-refractivity contribution in [3.8, 4) is 0 Å². The first-order chi connectivity index (χ1) is 7.15. The summed E-state index contributed by atoms with van der Waals surface area (Å²) < 4.78 is 9.58. The fraction of sp³-hybridized carbons (Fsp3) is 0.800. The Morgan fingerprint density at radius 3 is 2.13 bits per heavy atom. The predicted octanol–water partition coefficient (Wildman–Crippen LogP) is 1.42. The van der Waals surface area contributed by atoms with Crippen LogP contribution in [0.5, 0.6) is 0 Å². The lowest BCUT2D eigenvalue weighted by molar-refractivity contribution is -0.143.